The predicted molar refractivity (Wildman–Crippen MR) is 94.4 cm³/mol. The highest BCUT2D eigenvalue weighted by atomic mass is 16.4. The van der Waals surface area contributed by atoms with Gasteiger partial charge in [-0.05, 0) is 38.3 Å². The third-order valence-electron chi connectivity index (χ3n) is 4.16. The number of aryl methyl sites for hydroxylation is 1. The molecule has 0 bridgehead atoms. The molecule has 1 heterocycles. The van der Waals surface area contributed by atoms with Gasteiger partial charge in [0.15, 0.2) is 11.3 Å². The Morgan fingerprint density at radius 3 is 2.48 bits per heavy atom. The molecule has 0 aliphatic rings. The number of aromatic hydroxyl groups is 4. The molecule has 0 radical (unpaired) electrons. The molecule has 130 valence electrons. The summed E-state index contributed by atoms with van der Waals surface area (Å²) in [4.78, 5) is 12.7. The van der Waals surface area contributed by atoms with Crippen molar-refractivity contribution in [2.45, 2.75) is 26.2 Å². The molecule has 6 nitrogen and oxygen atoms in total. The van der Waals surface area contributed by atoms with E-state index in [2.05, 4.69) is 6.58 Å². The SMILES string of the molecule is C=C(C)CCCc1c(O)cc(O)c2c(=O)c3ccc(O)c(O)c3oc12. The van der Waals surface area contributed by atoms with Crippen molar-refractivity contribution < 1.29 is 24.8 Å². The third-order valence-corrected chi connectivity index (χ3v) is 4.16. The van der Waals surface area contributed by atoms with Crippen LogP contribution in [-0.4, -0.2) is 20.4 Å². The molecule has 0 aliphatic carbocycles. The molecule has 0 amide bonds. The third kappa shape index (κ3) is 2.76. The van der Waals surface area contributed by atoms with Gasteiger partial charge in [0.2, 0.25) is 11.2 Å². The second-order valence-electron chi connectivity index (χ2n) is 6.15. The molecule has 2 aromatic carbocycles. The van der Waals surface area contributed by atoms with Crippen LogP contribution in [0.15, 0.2) is 39.6 Å². The zero-order chi connectivity index (χ0) is 18.3. The summed E-state index contributed by atoms with van der Waals surface area (Å²) in [6.07, 6.45) is 1.78. The maximum Gasteiger partial charge on any atom is 0.204 e. The quantitative estimate of drug-likeness (QED) is 0.327. The van der Waals surface area contributed by atoms with Gasteiger partial charge in [0, 0.05) is 11.6 Å². The first kappa shape index (κ1) is 16.7. The van der Waals surface area contributed by atoms with Crippen molar-refractivity contribution in [3.05, 3.63) is 46.1 Å². The van der Waals surface area contributed by atoms with Crippen LogP contribution in [0.4, 0.5) is 0 Å². The van der Waals surface area contributed by atoms with Gasteiger partial charge in [0.25, 0.3) is 0 Å². The van der Waals surface area contributed by atoms with Gasteiger partial charge in [-0.25, -0.2) is 0 Å². The van der Waals surface area contributed by atoms with Crippen LogP contribution in [-0.2, 0) is 6.42 Å². The molecular formula is C19H18O6. The molecule has 6 heteroatoms. The number of phenols is 4. The van der Waals surface area contributed by atoms with Gasteiger partial charge in [-0.15, -0.1) is 6.58 Å². The van der Waals surface area contributed by atoms with Crippen LogP contribution in [0.3, 0.4) is 0 Å². The van der Waals surface area contributed by atoms with Crippen molar-refractivity contribution in [2.24, 2.45) is 0 Å². The summed E-state index contributed by atoms with van der Waals surface area (Å²) in [5.74, 6) is -1.59. The molecule has 0 atom stereocenters. The highest BCUT2D eigenvalue weighted by Crippen LogP contribution is 2.39. The molecule has 0 saturated carbocycles. The van der Waals surface area contributed by atoms with Gasteiger partial charge in [-0.3, -0.25) is 4.79 Å². The molecule has 25 heavy (non-hydrogen) atoms. The Balaban J connectivity index is 2.34. The largest absolute Gasteiger partial charge is 0.507 e. The van der Waals surface area contributed by atoms with E-state index < -0.39 is 22.7 Å². The molecule has 0 fully saturated rings. The van der Waals surface area contributed by atoms with E-state index in [1.54, 1.807) is 0 Å². The molecule has 1 aromatic heterocycles. The van der Waals surface area contributed by atoms with Crippen LogP contribution in [0.5, 0.6) is 23.0 Å². The number of benzene rings is 2. The van der Waals surface area contributed by atoms with E-state index in [-0.39, 0.29) is 27.7 Å². The van der Waals surface area contributed by atoms with E-state index in [4.69, 9.17) is 4.42 Å². The molecular weight excluding hydrogens is 324 g/mol. The van der Waals surface area contributed by atoms with Gasteiger partial charge < -0.3 is 24.8 Å². The molecule has 0 spiro atoms. The fourth-order valence-electron chi connectivity index (χ4n) is 2.89. The monoisotopic (exact) mass is 342 g/mol. The summed E-state index contributed by atoms with van der Waals surface area (Å²) in [6.45, 7) is 5.72. The van der Waals surface area contributed by atoms with Crippen molar-refractivity contribution >= 4 is 21.9 Å². The highest BCUT2D eigenvalue weighted by molar-refractivity contribution is 5.98. The Hall–Kier alpha value is -3.15. The highest BCUT2D eigenvalue weighted by Gasteiger charge is 2.20. The van der Waals surface area contributed by atoms with Crippen LogP contribution in [0.1, 0.15) is 25.3 Å². The van der Waals surface area contributed by atoms with Gasteiger partial charge in [0.05, 0.1) is 5.39 Å². The maximum absolute atomic E-state index is 12.7. The minimum absolute atomic E-state index is 0.00221. The summed E-state index contributed by atoms with van der Waals surface area (Å²) in [5.41, 5.74) is 0.597. The summed E-state index contributed by atoms with van der Waals surface area (Å²) >= 11 is 0. The summed E-state index contributed by atoms with van der Waals surface area (Å²) in [7, 11) is 0. The van der Waals surface area contributed by atoms with E-state index in [0.29, 0.717) is 18.4 Å². The van der Waals surface area contributed by atoms with Crippen LogP contribution < -0.4 is 5.43 Å². The first-order valence-corrected chi connectivity index (χ1v) is 7.81. The Morgan fingerprint density at radius 1 is 1.08 bits per heavy atom. The predicted octanol–water partition coefficient (Wildman–Crippen LogP) is 3.67. The zero-order valence-corrected chi connectivity index (χ0v) is 13.7. The lowest BCUT2D eigenvalue weighted by Gasteiger charge is -2.11. The van der Waals surface area contributed by atoms with Gasteiger partial charge in [-0.1, -0.05) is 5.57 Å². The van der Waals surface area contributed by atoms with Crippen molar-refractivity contribution in [2.75, 3.05) is 0 Å². The summed E-state index contributed by atoms with van der Waals surface area (Å²) in [6, 6.07) is 3.59. The van der Waals surface area contributed by atoms with E-state index in [9.17, 15) is 25.2 Å². The molecule has 3 rings (SSSR count). The van der Waals surface area contributed by atoms with Crippen molar-refractivity contribution in [3.8, 4) is 23.0 Å². The zero-order valence-electron chi connectivity index (χ0n) is 13.7. The first-order valence-electron chi connectivity index (χ1n) is 7.81. The van der Waals surface area contributed by atoms with Crippen LogP contribution in [0.25, 0.3) is 21.9 Å². The van der Waals surface area contributed by atoms with E-state index in [1.807, 2.05) is 6.92 Å². The first-order chi connectivity index (χ1) is 11.8. The smallest absolute Gasteiger partial charge is 0.204 e. The topological polar surface area (TPSA) is 111 Å². The van der Waals surface area contributed by atoms with E-state index in [1.165, 1.54) is 12.1 Å². The number of rotatable bonds is 4. The molecule has 0 saturated heterocycles. The second-order valence-corrected chi connectivity index (χ2v) is 6.15. The Bertz CT molecular complexity index is 1060. The Labute approximate surface area is 142 Å². The average Bonchev–Trinajstić information content (AvgIpc) is 2.53. The van der Waals surface area contributed by atoms with E-state index >= 15 is 0 Å². The number of hydrogen-bond acceptors (Lipinski definition) is 6. The number of hydrogen-bond donors (Lipinski definition) is 4. The maximum atomic E-state index is 12.7. The van der Waals surface area contributed by atoms with Crippen molar-refractivity contribution in [1.29, 1.82) is 0 Å². The van der Waals surface area contributed by atoms with Crippen LogP contribution >= 0.6 is 0 Å². The van der Waals surface area contributed by atoms with Crippen molar-refractivity contribution in [1.82, 2.24) is 0 Å². The standard InChI is InChI=1S/C19H18O6/c1-9(2)4-3-5-10-13(21)8-14(22)15-16(23)11-6-7-12(20)17(24)19(11)25-18(10)15/h6-8,20-22,24H,1,3-5H2,2H3. The number of allylic oxidation sites excluding steroid dienone is 1. The molecule has 4 N–H and O–H groups in total. The lowest BCUT2D eigenvalue weighted by Crippen LogP contribution is -2.04. The summed E-state index contributed by atoms with van der Waals surface area (Å²) in [5, 5.41) is 39.9. The fourth-order valence-corrected chi connectivity index (χ4v) is 2.89. The Kier molecular flexibility index (Phi) is 4.04. The minimum atomic E-state index is -0.563. The normalized spacial score (nSPS) is 11.2. The van der Waals surface area contributed by atoms with Gasteiger partial charge in [-0.2, -0.15) is 0 Å². The molecule has 0 aliphatic heterocycles. The van der Waals surface area contributed by atoms with Crippen LogP contribution in [0.2, 0.25) is 0 Å². The Morgan fingerprint density at radius 2 is 1.80 bits per heavy atom. The number of fused-ring (bicyclic) bond motifs is 2. The average molecular weight is 342 g/mol. The minimum Gasteiger partial charge on any atom is -0.507 e. The number of phenolic OH excluding ortho intramolecular Hbond substituents is 4. The van der Waals surface area contributed by atoms with Crippen molar-refractivity contribution in [3.63, 3.8) is 0 Å². The van der Waals surface area contributed by atoms with Gasteiger partial charge >= 0.3 is 0 Å². The fraction of sp³-hybridized carbons (Fsp3) is 0.211. The lowest BCUT2D eigenvalue weighted by molar-refractivity contribution is 0.401. The second kappa shape index (κ2) is 6.05. The molecule has 0 unspecified atom stereocenters. The summed E-state index contributed by atoms with van der Waals surface area (Å²) < 4.78 is 5.64. The lowest BCUT2D eigenvalue weighted by atomic mass is 10.0. The van der Waals surface area contributed by atoms with E-state index in [0.717, 1.165) is 18.1 Å². The van der Waals surface area contributed by atoms with Gasteiger partial charge in [0.1, 0.15) is 22.5 Å². The van der Waals surface area contributed by atoms with Crippen LogP contribution in [0, 0.1) is 0 Å². The molecule has 3 aromatic rings.